The van der Waals surface area contributed by atoms with Crippen LogP contribution in [0, 0.1) is 0 Å². The van der Waals surface area contributed by atoms with E-state index in [9.17, 15) is 8.42 Å². The molecule has 1 aliphatic rings. The first-order valence-electron chi connectivity index (χ1n) is 6.06. The second-order valence-electron chi connectivity index (χ2n) is 5.07. The molecule has 1 aromatic rings. The molecule has 0 aromatic carbocycles. The van der Waals surface area contributed by atoms with Crippen molar-refractivity contribution in [3.8, 4) is 0 Å². The highest BCUT2D eigenvalue weighted by Gasteiger charge is 2.31. The molecule has 0 saturated carbocycles. The van der Waals surface area contributed by atoms with Gasteiger partial charge in [0.2, 0.25) is 10.0 Å². The summed E-state index contributed by atoms with van der Waals surface area (Å²) in [5.74, 6) is 0.796. The maximum atomic E-state index is 12.6. The van der Waals surface area contributed by atoms with E-state index in [0.717, 1.165) is 12.2 Å². The molecule has 0 aliphatic carbocycles. The predicted molar refractivity (Wildman–Crippen MR) is 79.2 cm³/mol. The lowest BCUT2D eigenvalue weighted by Gasteiger charge is -2.22. The Hall–Kier alpha value is -0.300. The van der Waals surface area contributed by atoms with Crippen molar-refractivity contribution in [1.82, 2.24) is 9.29 Å². The Kier molecular flexibility index (Phi) is 4.45. The number of nitrogens with zero attached hydrogens (tertiary/aromatic N) is 2. The molecule has 0 atom stereocenters. The smallest absolute Gasteiger partial charge is 0.246 e. The summed E-state index contributed by atoms with van der Waals surface area (Å²) in [5, 5.41) is 0.228. The fourth-order valence-electron chi connectivity index (χ4n) is 1.93. The van der Waals surface area contributed by atoms with Crippen LogP contribution in [0.15, 0.2) is 23.4 Å². The minimum Gasteiger partial charge on any atom is -0.263 e. The van der Waals surface area contributed by atoms with Gasteiger partial charge in [0.05, 0.1) is 5.02 Å². The van der Waals surface area contributed by atoms with Gasteiger partial charge in [-0.1, -0.05) is 25.4 Å². The molecule has 2 heterocycles. The maximum Gasteiger partial charge on any atom is 0.246 e. The summed E-state index contributed by atoms with van der Waals surface area (Å²) in [6.45, 7) is 5.32. The van der Waals surface area contributed by atoms with Crippen LogP contribution in [-0.4, -0.2) is 41.3 Å². The van der Waals surface area contributed by atoms with Crippen LogP contribution in [0.1, 0.15) is 20.3 Å². The quantitative estimate of drug-likeness (QED) is 0.840. The summed E-state index contributed by atoms with van der Waals surface area (Å²) < 4.78 is 26.8. The summed E-state index contributed by atoms with van der Waals surface area (Å²) >= 11 is 7.78. The molecule has 7 heteroatoms. The molecule has 0 radical (unpaired) electrons. The maximum absolute atomic E-state index is 12.6. The second kappa shape index (κ2) is 5.60. The van der Waals surface area contributed by atoms with Gasteiger partial charge in [0.1, 0.15) is 4.90 Å². The minimum atomic E-state index is -3.54. The highest BCUT2D eigenvalue weighted by molar-refractivity contribution is 8.00. The van der Waals surface area contributed by atoms with Gasteiger partial charge < -0.3 is 0 Å². The van der Waals surface area contributed by atoms with Gasteiger partial charge >= 0.3 is 0 Å². The minimum absolute atomic E-state index is 0.0985. The number of halogens is 1. The lowest BCUT2D eigenvalue weighted by atomic mass is 10.1. The van der Waals surface area contributed by atoms with Crippen molar-refractivity contribution in [3.63, 3.8) is 0 Å². The molecule has 2 rings (SSSR count). The zero-order chi connectivity index (χ0) is 14.1. The molecule has 1 saturated heterocycles. The zero-order valence-corrected chi connectivity index (χ0v) is 13.4. The first kappa shape index (κ1) is 15.1. The molecule has 106 valence electrons. The Morgan fingerprint density at radius 3 is 2.84 bits per heavy atom. The van der Waals surface area contributed by atoms with Gasteiger partial charge in [-0.2, -0.15) is 16.1 Å². The van der Waals surface area contributed by atoms with Crippen LogP contribution in [-0.2, 0) is 10.0 Å². The number of rotatable bonds is 2. The second-order valence-corrected chi connectivity index (χ2v) is 9.18. The van der Waals surface area contributed by atoms with Gasteiger partial charge in [-0.15, -0.1) is 0 Å². The van der Waals surface area contributed by atoms with Gasteiger partial charge in [-0.05, 0) is 12.5 Å². The van der Waals surface area contributed by atoms with E-state index in [1.54, 1.807) is 11.8 Å². The topological polar surface area (TPSA) is 50.3 Å². The van der Waals surface area contributed by atoms with Gasteiger partial charge in [0.25, 0.3) is 0 Å². The number of aromatic nitrogens is 1. The fraction of sp³-hybridized carbons (Fsp3) is 0.583. The van der Waals surface area contributed by atoms with E-state index < -0.39 is 10.0 Å². The van der Waals surface area contributed by atoms with E-state index in [-0.39, 0.29) is 14.7 Å². The highest BCUT2D eigenvalue weighted by Crippen LogP contribution is 2.33. The first-order chi connectivity index (χ1) is 8.83. The van der Waals surface area contributed by atoms with Crippen LogP contribution < -0.4 is 0 Å². The molecular formula is C12H17ClN2O2S2. The Balaban J connectivity index is 2.28. The third-order valence-corrected chi connectivity index (χ3v) is 6.89. The molecule has 1 aromatic heterocycles. The molecular weight excluding hydrogens is 304 g/mol. The third-order valence-electron chi connectivity index (χ3n) is 3.15. The zero-order valence-electron chi connectivity index (χ0n) is 11.0. The van der Waals surface area contributed by atoms with Crippen molar-refractivity contribution in [2.75, 3.05) is 18.8 Å². The highest BCUT2D eigenvalue weighted by atomic mass is 35.5. The van der Waals surface area contributed by atoms with Crippen molar-refractivity contribution >= 4 is 33.4 Å². The van der Waals surface area contributed by atoms with E-state index in [2.05, 4.69) is 18.8 Å². The number of sulfonamides is 1. The van der Waals surface area contributed by atoms with Crippen LogP contribution >= 0.6 is 23.4 Å². The molecule has 0 unspecified atom stereocenters. The van der Waals surface area contributed by atoms with E-state index >= 15 is 0 Å². The number of thioether (sulfide) groups is 1. The lowest BCUT2D eigenvalue weighted by Crippen LogP contribution is -2.33. The van der Waals surface area contributed by atoms with E-state index in [1.165, 1.54) is 22.8 Å². The monoisotopic (exact) mass is 320 g/mol. The van der Waals surface area contributed by atoms with Crippen molar-refractivity contribution in [1.29, 1.82) is 0 Å². The normalized spacial score (nSPS) is 21.0. The molecule has 0 spiro atoms. The van der Waals surface area contributed by atoms with Gasteiger partial charge in [0.15, 0.2) is 0 Å². The predicted octanol–water partition coefficient (Wildman–Crippen LogP) is 2.64. The van der Waals surface area contributed by atoms with Crippen LogP contribution in [0.4, 0.5) is 0 Å². The lowest BCUT2D eigenvalue weighted by molar-refractivity contribution is 0.415. The van der Waals surface area contributed by atoms with E-state index in [4.69, 9.17) is 11.6 Å². The molecule has 0 bridgehead atoms. The Morgan fingerprint density at radius 1 is 1.42 bits per heavy atom. The van der Waals surface area contributed by atoms with Gasteiger partial charge in [-0.3, -0.25) is 4.98 Å². The standard InChI is InChI=1S/C12H17ClN2O2S2/c1-12(2)4-6-15(7-8-18-12)19(16,17)11-9-14-5-3-10(11)13/h3,5,9H,4,6-8H2,1-2H3. The summed E-state index contributed by atoms with van der Waals surface area (Å²) in [6.07, 6.45) is 3.64. The van der Waals surface area contributed by atoms with Crippen molar-refractivity contribution in [2.24, 2.45) is 0 Å². The number of hydrogen-bond donors (Lipinski definition) is 0. The first-order valence-corrected chi connectivity index (χ1v) is 8.87. The van der Waals surface area contributed by atoms with Crippen molar-refractivity contribution in [3.05, 3.63) is 23.5 Å². The summed E-state index contributed by atoms with van der Waals surface area (Å²) in [4.78, 5) is 3.96. The van der Waals surface area contributed by atoms with E-state index in [1.807, 2.05) is 0 Å². The molecule has 19 heavy (non-hydrogen) atoms. The molecule has 1 fully saturated rings. The largest absolute Gasteiger partial charge is 0.263 e. The van der Waals surface area contributed by atoms with Crippen LogP contribution in [0.3, 0.4) is 0 Å². The molecule has 1 aliphatic heterocycles. The Morgan fingerprint density at radius 2 is 2.16 bits per heavy atom. The van der Waals surface area contributed by atoms with Crippen LogP contribution in [0.2, 0.25) is 5.02 Å². The Bertz CT molecular complexity index is 561. The fourth-order valence-corrected chi connectivity index (χ4v) is 5.00. The molecule has 0 amide bonds. The summed E-state index contributed by atoms with van der Waals surface area (Å²) in [5.41, 5.74) is 0. The molecule has 4 nitrogen and oxygen atoms in total. The average molecular weight is 321 g/mol. The van der Waals surface area contributed by atoms with Crippen molar-refractivity contribution < 1.29 is 8.42 Å². The summed E-state index contributed by atoms with van der Waals surface area (Å²) in [6, 6.07) is 1.50. The third kappa shape index (κ3) is 3.42. The summed E-state index contributed by atoms with van der Waals surface area (Å²) in [7, 11) is -3.54. The number of hydrogen-bond acceptors (Lipinski definition) is 4. The SMILES string of the molecule is CC1(C)CCN(S(=O)(=O)c2cnccc2Cl)CCS1. The van der Waals surface area contributed by atoms with Gasteiger partial charge in [-0.25, -0.2) is 8.42 Å². The van der Waals surface area contributed by atoms with E-state index in [0.29, 0.717) is 13.1 Å². The van der Waals surface area contributed by atoms with Crippen LogP contribution in [0.5, 0.6) is 0 Å². The van der Waals surface area contributed by atoms with Crippen molar-refractivity contribution in [2.45, 2.75) is 29.9 Å². The van der Waals surface area contributed by atoms with Gasteiger partial charge in [0, 0.05) is 36.0 Å². The van der Waals surface area contributed by atoms with Crippen LogP contribution in [0.25, 0.3) is 0 Å². The Labute approximate surface area is 123 Å². The number of pyridine rings is 1. The molecule has 0 N–H and O–H groups in total. The average Bonchev–Trinajstić information content (AvgIpc) is 2.51.